The molecule has 0 spiro atoms. The summed E-state index contributed by atoms with van der Waals surface area (Å²) in [6.45, 7) is 5.17. The molecule has 0 bridgehead atoms. The maximum Gasteiger partial charge on any atom is 0.138 e. The third kappa shape index (κ3) is 3.07. The van der Waals surface area contributed by atoms with E-state index >= 15 is 0 Å². The van der Waals surface area contributed by atoms with Crippen LogP contribution < -0.4 is 5.32 Å². The Morgan fingerprint density at radius 1 is 1.24 bits per heavy atom. The molecule has 3 nitrogen and oxygen atoms in total. The minimum absolute atomic E-state index is 0.344. The molecule has 1 aliphatic rings. The summed E-state index contributed by atoms with van der Waals surface area (Å²) in [6, 6.07) is 10.8. The van der Waals surface area contributed by atoms with Crippen molar-refractivity contribution in [1.29, 1.82) is 0 Å². The molecule has 3 rings (SSSR count). The smallest absolute Gasteiger partial charge is 0.138 e. The lowest BCUT2D eigenvalue weighted by Gasteiger charge is -2.24. The molecule has 0 saturated carbocycles. The van der Waals surface area contributed by atoms with E-state index in [1.54, 1.807) is 0 Å². The summed E-state index contributed by atoms with van der Waals surface area (Å²) in [5, 5.41) is 3.39. The predicted octanol–water partition coefficient (Wildman–Crippen LogP) is 4.08. The number of anilines is 1. The van der Waals surface area contributed by atoms with E-state index in [-0.39, 0.29) is 0 Å². The Balaban J connectivity index is 1.95. The second-order valence-corrected chi connectivity index (χ2v) is 5.82. The van der Waals surface area contributed by atoms with Gasteiger partial charge in [-0.05, 0) is 43.7 Å². The Morgan fingerprint density at radius 3 is 2.95 bits per heavy atom. The van der Waals surface area contributed by atoms with E-state index in [9.17, 15) is 0 Å². The van der Waals surface area contributed by atoms with E-state index < -0.39 is 0 Å². The fourth-order valence-corrected chi connectivity index (χ4v) is 3.11. The fraction of sp³-hybridized carbons (Fsp3) is 0.444. The van der Waals surface area contributed by atoms with Gasteiger partial charge in [-0.25, -0.2) is 9.97 Å². The molecular weight excluding hydrogens is 258 g/mol. The SMILES string of the molecule is CCCNc1cc(C)nc(C2CCCc3ccccc32)n1. The average molecular weight is 281 g/mol. The maximum absolute atomic E-state index is 4.77. The highest BCUT2D eigenvalue weighted by molar-refractivity contribution is 5.40. The molecule has 1 aromatic carbocycles. The van der Waals surface area contributed by atoms with Gasteiger partial charge < -0.3 is 5.32 Å². The van der Waals surface area contributed by atoms with Crippen LogP contribution >= 0.6 is 0 Å². The quantitative estimate of drug-likeness (QED) is 0.917. The van der Waals surface area contributed by atoms with Gasteiger partial charge in [-0.3, -0.25) is 0 Å². The van der Waals surface area contributed by atoms with Crippen LogP contribution in [0.15, 0.2) is 30.3 Å². The number of hydrogen-bond acceptors (Lipinski definition) is 3. The first-order valence-corrected chi connectivity index (χ1v) is 7.95. The molecule has 21 heavy (non-hydrogen) atoms. The van der Waals surface area contributed by atoms with Gasteiger partial charge in [0.15, 0.2) is 0 Å². The zero-order valence-electron chi connectivity index (χ0n) is 12.9. The largest absolute Gasteiger partial charge is 0.370 e. The van der Waals surface area contributed by atoms with Crippen molar-refractivity contribution in [3.8, 4) is 0 Å². The molecule has 2 aromatic rings. The van der Waals surface area contributed by atoms with E-state index in [2.05, 4.69) is 43.4 Å². The van der Waals surface area contributed by atoms with Crippen molar-refractivity contribution in [2.75, 3.05) is 11.9 Å². The molecule has 1 atom stereocenters. The minimum Gasteiger partial charge on any atom is -0.370 e. The van der Waals surface area contributed by atoms with E-state index in [0.29, 0.717) is 5.92 Å². The van der Waals surface area contributed by atoms with Crippen LogP contribution in [-0.2, 0) is 6.42 Å². The fourth-order valence-electron chi connectivity index (χ4n) is 3.11. The second-order valence-electron chi connectivity index (χ2n) is 5.82. The molecule has 0 saturated heterocycles. The highest BCUT2D eigenvalue weighted by Gasteiger charge is 2.24. The van der Waals surface area contributed by atoms with Gasteiger partial charge in [0.25, 0.3) is 0 Å². The molecule has 1 N–H and O–H groups in total. The van der Waals surface area contributed by atoms with Crippen LogP contribution in [0, 0.1) is 6.92 Å². The van der Waals surface area contributed by atoms with Crippen molar-refractivity contribution in [3.63, 3.8) is 0 Å². The number of nitrogens with one attached hydrogen (secondary N) is 1. The third-order valence-electron chi connectivity index (χ3n) is 4.11. The van der Waals surface area contributed by atoms with Gasteiger partial charge in [0.1, 0.15) is 11.6 Å². The molecule has 0 amide bonds. The highest BCUT2D eigenvalue weighted by Crippen LogP contribution is 2.35. The van der Waals surface area contributed by atoms with Gasteiger partial charge in [-0.2, -0.15) is 0 Å². The van der Waals surface area contributed by atoms with E-state index in [4.69, 9.17) is 9.97 Å². The first-order chi connectivity index (χ1) is 10.3. The lowest BCUT2D eigenvalue weighted by atomic mass is 9.82. The lowest BCUT2D eigenvalue weighted by Crippen LogP contribution is -2.15. The summed E-state index contributed by atoms with van der Waals surface area (Å²) < 4.78 is 0. The molecule has 1 aromatic heterocycles. The summed E-state index contributed by atoms with van der Waals surface area (Å²) >= 11 is 0. The predicted molar refractivity (Wildman–Crippen MR) is 86.8 cm³/mol. The Bertz CT molecular complexity index is 622. The standard InChI is InChI=1S/C18H23N3/c1-3-11-19-17-12-13(2)20-18(21-17)16-10-6-8-14-7-4-5-9-15(14)16/h4-5,7,9,12,16H,3,6,8,10-11H2,1-2H3,(H,19,20,21). The van der Waals surface area contributed by atoms with Crippen LogP contribution in [0.2, 0.25) is 0 Å². The Labute approximate surface area is 126 Å². The van der Waals surface area contributed by atoms with E-state index in [1.807, 2.05) is 6.07 Å². The first-order valence-electron chi connectivity index (χ1n) is 7.95. The number of nitrogens with zero attached hydrogens (tertiary/aromatic N) is 2. The van der Waals surface area contributed by atoms with Crippen molar-refractivity contribution in [2.24, 2.45) is 0 Å². The van der Waals surface area contributed by atoms with Crippen molar-refractivity contribution < 1.29 is 0 Å². The highest BCUT2D eigenvalue weighted by atomic mass is 15.0. The van der Waals surface area contributed by atoms with Crippen molar-refractivity contribution in [3.05, 3.63) is 53.0 Å². The molecule has 110 valence electrons. The summed E-state index contributed by atoms with van der Waals surface area (Å²) in [6.07, 6.45) is 4.65. The van der Waals surface area contributed by atoms with Gasteiger partial charge in [0, 0.05) is 24.2 Å². The van der Waals surface area contributed by atoms with Crippen LogP contribution in [0.25, 0.3) is 0 Å². The molecule has 3 heteroatoms. The number of rotatable bonds is 4. The van der Waals surface area contributed by atoms with Crippen LogP contribution in [0.5, 0.6) is 0 Å². The minimum atomic E-state index is 0.344. The van der Waals surface area contributed by atoms with Crippen molar-refractivity contribution >= 4 is 5.82 Å². The van der Waals surface area contributed by atoms with Crippen molar-refractivity contribution in [1.82, 2.24) is 9.97 Å². The summed E-state index contributed by atoms with van der Waals surface area (Å²) in [5.74, 6) is 2.28. The molecule has 1 unspecified atom stereocenters. The second kappa shape index (κ2) is 6.25. The molecule has 0 radical (unpaired) electrons. The molecule has 0 fully saturated rings. The van der Waals surface area contributed by atoms with Gasteiger partial charge in [0.2, 0.25) is 0 Å². The normalized spacial score (nSPS) is 17.3. The molecule has 1 heterocycles. The zero-order valence-corrected chi connectivity index (χ0v) is 12.9. The van der Waals surface area contributed by atoms with Gasteiger partial charge in [-0.15, -0.1) is 0 Å². The van der Waals surface area contributed by atoms with Crippen molar-refractivity contribution in [2.45, 2.75) is 45.4 Å². The molecule has 1 aliphatic carbocycles. The number of aryl methyl sites for hydroxylation is 2. The Hall–Kier alpha value is -1.90. The Kier molecular flexibility index (Phi) is 4.18. The summed E-state index contributed by atoms with van der Waals surface area (Å²) in [7, 11) is 0. The lowest BCUT2D eigenvalue weighted by molar-refractivity contribution is 0.589. The first kappa shape index (κ1) is 14.1. The van der Waals surface area contributed by atoms with E-state index in [0.717, 1.165) is 36.7 Å². The number of fused-ring (bicyclic) bond motifs is 1. The summed E-state index contributed by atoms with van der Waals surface area (Å²) in [5.41, 5.74) is 3.92. The monoisotopic (exact) mass is 281 g/mol. The number of aromatic nitrogens is 2. The number of hydrogen-bond donors (Lipinski definition) is 1. The van der Waals surface area contributed by atoms with Gasteiger partial charge >= 0.3 is 0 Å². The maximum atomic E-state index is 4.77. The van der Waals surface area contributed by atoms with Crippen LogP contribution in [0.4, 0.5) is 5.82 Å². The van der Waals surface area contributed by atoms with Crippen LogP contribution in [0.1, 0.15) is 54.7 Å². The van der Waals surface area contributed by atoms with Gasteiger partial charge in [0.05, 0.1) is 0 Å². The topological polar surface area (TPSA) is 37.8 Å². The molecule has 0 aliphatic heterocycles. The number of benzene rings is 1. The summed E-state index contributed by atoms with van der Waals surface area (Å²) in [4.78, 5) is 9.48. The Morgan fingerprint density at radius 2 is 2.10 bits per heavy atom. The third-order valence-corrected chi connectivity index (χ3v) is 4.11. The van der Waals surface area contributed by atoms with Crippen LogP contribution in [-0.4, -0.2) is 16.5 Å². The van der Waals surface area contributed by atoms with Gasteiger partial charge in [-0.1, -0.05) is 31.2 Å². The average Bonchev–Trinajstić information content (AvgIpc) is 2.52. The van der Waals surface area contributed by atoms with E-state index in [1.165, 1.54) is 24.0 Å². The molecular formula is C18H23N3. The zero-order chi connectivity index (χ0) is 14.7. The van der Waals surface area contributed by atoms with Crippen LogP contribution in [0.3, 0.4) is 0 Å².